The highest BCUT2D eigenvalue weighted by molar-refractivity contribution is 8.25. The average Bonchev–Trinajstić information content (AvgIpc) is 3.56. The second-order valence-corrected chi connectivity index (χ2v) is 13.3. The number of carbonyl (C=O) groups excluding carboxylic acids is 2. The fourth-order valence-corrected chi connectivity index (χ4v) is 9.35. The molecule has 44 heavy (non-hydrogen) atoms. The largest absolute Gasteiger partial charge is 0.306 e. The monoisotopic (exact) mass is 620 g/mol. The van der Waals surface area contributed by atoms with Crippen LogP contribution in [0.2, 0.25) is 0 Å². The van der Waals surface area contributed by atoms with E-state index in [1.54, 1.807) is 15.9 Å². The molecule has 8 nitrogen and oxygen atoms in total. The summed E-state index contributed by atoms with van der Waals surface area (Å²) in [5.41, 5.74) is 2.50. The predicted molar refractivity (Wildman–Crippen MR) is 174 cm³/mol. The fourth-order valence-electron chi connectivity index (χ4n) is 7.23. The molecule has 7 rings (SSSR count). The van der Waals surface area contributed by atoms with Crippen LogP contribution in [-0.2, 0) is 28.2 Å². The number of nitrogens with zero attached hydrogens (tertiary/aromatic N) is 4. The first kappa shape index (κ1) is 28.4. The number of nitro benzene ring substituents is 1. The Morgan fingerprint density at radius 2 is 1.45 bits per heavy atom. The first-order chi connectivity index (χ1) is 21.3. The van der Waals surface area contributed by atoms with E-state index in [4.69, 9.17) is 12.2 Å². The van der Waals surface area contributed by atoms with Gasteiger partial charge >= 0.3 is 0 Å². The van der Waals surface area contributed by atoms with Crippen LogP contribution in [0.15, 0.2) is 109 Å². The first-order valence-corrected chi connectivity index (χ1v) is 15.5. The Kier molecular flexibility index (Phi) is 6.88. The van der Waals surface area contributed by atoms with Crippen molar-refractivity contribution in [1.29, 1.82) is 0 Å². The topological polar surface area (TPSA) is 87.0 Å². The summed E-state index contributed by atoms with van der Waals surface area (Å²) in [7, 11) is 1.87. The zero-order valence-electron chi connectivity index (χ0n) is 23.8. The summed E-state index contributed by atoms with van der Waals surface area (Å²) in [5, 5.41) is 11.8. The Labute approximate surface area is 264 Å². The molecule has 2 fully saturated rings. The minimum absolute atomic E-state index is 0.0655. The maximum atomic E-state index is 15.2. The van der Waals surface area contributed by atoms with Crippen molar-refractivity contribution >= 4 is 51.5 Å². The molecule has 3 heterocycles. The summed E-state index contributed by atoms with van der Waals surface area (Å²) in [6, 6.07) is 33.5. The minimum atomic E-state index is -1.42. The van der Waals surface area contributed by atoms with Gasteiger partial charge in [-0.2, -0.15) is 0 Å². The number of fused-ring (bicyclic) bond motifs is 3. The van der Waals surface area contributed by atoms with Crippen LogP contribution in [-0.4, -0.2) is 49.2 Å². The van der Waals surface area contributed by atoms with E-state index in [0.717, 1.165) is 22.4 Å². The van der Waals surface area contributed by atoms with Crippen molar-refractivity contribution < 1.29 is 14.5 Å². The first-order valence-electron chi connectivity index (χ1n) is 14.3. The summed E-state index contributed by atoms with van der Waals surface area (Å²) >= 11 is 7.19. The lowest BCUT2D eigenvalue weighted by atomic mass is 9.72. The molecule has 0 N–H and O–H groups in total. The third-order valence-electron chi connectivity index (χ3n) is 9.08. The van der Waals surface area contributed by atoms with E-state index in [-0.39, 0.29) is 24.0 Å². The van der Waals surface area contributed by atoms with Gasteiger partial charge in [-0.05, 0) is 29.8 Å². The highest BCUT2D eigenvalue weighted by atomic mass is 32.2. The van der Waals surface area contributed by atoms with Crippen LogP contribution in [0.1, 0.15) is 28.2 Å². The van der Waals surface area contributed by atoms with Crippen molar-refractivity contribution in [3.05, 3.63) is 142 Å². The number of benzene rings is 4. The minimum Gasteiger partial charge on any atom is -0.306 e. The van der Waals surface area contributed by atoms with Crippen molar-refractivity contribution in [2.75, 3.05) is 18.5 Å². The van der Waals surface area contributed by atoms with Gasteiger partial charge in [-0.3, -0.25) is 29.5 Å². The van der Waals surface area contributed by atoms with Gasteiger partial charge in [-0.1, -0.05) is 115 Å². The van der Waals surface area contributed by atoms with Crippen LogP contribution in [0.5, 0.6) is 0 Å². The summed E-state index contributed by atoms with van der Waals surface area (Å²) in [6.07, 6.45) is 0. The molecule has 0 bridgehead atoms. The van der Waals surface area contributed by atoms with E-state index in [1.807, 2.05) is 103 Å². The van der Waals surface area contributed by atoms with Gasteiger partial charge in [0, 0.05) is 35.8 Å². The van der Waals surface area contributed by atoms with Gasteiger partial charge in [0.2, 0.25) is 5.91 Å². The van der Waals surface area contributed by atoms with Crippen molar-refractivity contribution in [2.45, 2.75) is 29.3 Å². The van der Waals surface area contributed by atoms with E-state index in [1.165, 1.54) is 23.9 Å². The van der Waals surface area contributed by atoms with Gasteiger partial charge in [0.1, 0.15) is 9.07 Å². The van der Waals surface area contributed by atoms with Gasteiger partial charge in [-0.15, -0.1) is 0 Å². The summed E-state index contributed by atoms with van der Waals surface area (Å²) in [6.45, 7) is 0.917. The number of non-ortho nitro benzene ring substituents is 1. The Balaban J connectivity index is 1.45. The molecule has 10 heteroatoms. The van der Waals surface area contributed by atoms with Crippen LogP contribution < -0.4 is 4.90 Å². The molecule has 220 valence electrons. The standard InChI is InChI=1S/C34H28N4O4S2/c1-35-22-28(25-15-10-16-26(19-25)38(41)42)34(31(40)37(32(43)44-34)21-24-13-6-3-7-14-24)33(35)27-17-8-9-18-29(27)36(30(33)39)20-23-11-4-2-5-12-23/h2-19,28H,20-22H2,1H3. The number of rotatable bonds is 6. The Morgan fingerprint density at radius 3 is 2.11 bits per heavy atom. The molecule has 4 aromatic carbocycles. The normalized spacial score (nSPS) is 24.6. The molecule has 0 radical (unpaired) electrons. The van der Waals surface area contributed by atoms with E-state index in [0.29, 0.717) is 23.0 Å². The fraction of sp³-hybridized carbons (Fsp3) is 0.206. The Morgan fingerprint density at radius 1 is 0.841 bits per heavy atom. The van der Waals surface area contributed by atoms with Crippen molar-refractivity contribution in [3.63, 3.8) is 0 Å². The van der Waals surface area contributed by atoms with Gasteiger partial charge in [-0.25, -0.2) is 0 Å². The number of thiocarbonyl (C=S) groups is 1. The van der Waals surface area contributed by atoms with E-state index in [2.05, 4.69) is 0 Å². The maximum Gasteiger partial charge on any atom is 0.269 e. The van der Waals surface area contributed by atoms with Gasteiger partial charge in [0.05, 0.1) is 18.0 Å². The number of hydrogen-bond donors (Lipinski definition) is 0. The number of nitro groups is 1. The summed E-state index contributed by atoms with van der Waals surface area (Å²) < 4.78 is -1.03. The van der Waals surface area contributed by atoms with Crippen molar-refractivity contribution in [1.82, 2.24) is 9.80 Å². The van der Waals surface area contributed by atoms with E-state index < -0.39 is 21.1 Å². The molecule has 3 atom stereocenters. The highest BCUT2D eigenvalue weighted by Gasteiger charge is 2.78. The predicted octanol–water partition coefficient (Wildman–Crippen LogP) is 5.87. The van der Waals surface area contributed by atoms with Crippen LogP contribution in [0.3, 0.4) is 0 Å². The number of likely N-dealkylation sites (N-methyl/N-ethyl adjacent to an activating group) is 1. The number of likely N-dealkylation sites (tertiary alicyclic amines) is 1. The summed E-state index contributed by atoms with van der Waals surface area (Å²) in [5.74, 6) is -1.04. The molecule has 0 aromatic heterocycles. The second-order valence-electron chi connectivity index (χ2n) is 11.4. The SMILES string of the molecule is CN1CC(c2cccc([N+](=O)[O-])c2)C2(SC(=S)N(Cc3ccccc3)C2=O)C12C(=O)N(Cc1ccccc1)c1ccccc12. The molecule has 0 aliphatic carbocycles. The molecule has 2 amide bonds. The number of anilines is 1. The van der Waals surface area contributed by atoms with Crippen molar-refractivity contribution in [3.8, 4) is 0 Å². The number of carbonyl (C=O) groups is 2. The van der Waals surface area contributed by atoms with E-state index in [9.17, 15) is 10.1 Å². The molecule has 3 aliphatic rings. The average molecular weight is 621 g/mol. The number of thioether (sulfide) groups is 1. The smallest absolute Gasteiger partial charge is 0.269 e. The lowest BCUT2D eigenvalue weighted by molar-refractivity contribution is -0.384. The zero-order chi connectivity index (χ0) is 30.6. The molecular formula is C34H28N4O4S2. The Bertz CT molecular complexity index is 1820. The number of amides is 2. The number of hydrogen-bond acceptors (Lipinski definition) is 7. The maximum absolute atomic E-state index is 15.2. The third kappa shape index (κ3) is 3.98. The molecule has 2 saturated heterocycles. The van der Waals surface area contributed by atoms with E-state index >= 15 is 9.59 Å². The lowest BCUT2D eigenvalue weighted by Gasteiger charge is -2.42. The Hall–Kier alpha value is -4.38. The highest BCUT2D eigenvalue weighted by Crippen LogP contribution is 2.67. The van der Waals surface area contributed by atoms with Crippen molar-refractivity contribution in [2.24, 2.45) is 0 Å². The van der Waals surface area contributed by atoms with Gasteiger partial charge in [0.25, 0.3) is 11.6 Å². The van der Waals surface area contributed by atoms with Gasteiger partial charge < -0.3 is 4.90 Å². The van der Waals surface area contributed by atoms with Crippen LogP contribution in [0.25, 0.3) is 0 Å². The molecule has 3 unspecified atom stereocenters. The van der Waals surface area contributed by atoms with Crippen LogP contribution in [0, 0.1) is 10.1 Å². The molecule has 3 aliphatic heterocycles. The molecule has 2 spiro atoms. The second kappa shape index (κ2) is 10.7. The molecule has 0 saturated carbocycles. The number of para-hydroxylation sites is 1. The van der Waals surface area contributed by atoms with Gasteiger partial charge in [0.15, 0.2) is 5.54 Å². The quantitative estimate of drug-likeness (QED) is 0.152. The molecule has 4 aromatic rings. The third-order valence-corrected chi connectivity index (χ3v) is 11.0. The van der Waals surface area contributed by atoms with Crippen LogP contribution in [0.4, 0.5) is 11.4 Å². The molecular weight excluding hydrogens is 593 g/mol. The summed E-state index contributed by atoms with van der Waals surface area (Å²) in [4.78, 5) is 47.1. The van der Waals surface area contributed by atoms with Crippen LogP contribution >= 0.6 is 24.0 Å². The lowest BCUT2D eigenvalue weighted by Crippen LogP contribution is -2.62. The zero-order valence-corrected chi connectivity index (χ0v) is 25.5.